The molecule has 2 heterocycles. The van der Waals surface area contributed by atoms with Crippen LogP contribution in [0.4, 0.5) is 14.0 Å². The molecule has 334 valence electrons. The highest BCUT2D eigenvalue weighted by molar-refractivity contribution is 7.18. The van der Waals surface area contributed by atoms with Crippen molar-refractivity contribution in [1.29, 1.82) is 10.5 Å². The number of nitrogens with zero attached hydrogens (tertiary/aromatic N) is 6. The molecule has 2 aliphatic carbocycles. The number of ether oxygens (including phenoxy) is 3. The monoisotopic (exact) mass is 912 g/mol. The predicted octanol–water partition coefficient (Wildman–Crippen LogP) is 11.4. The Morgan fingerprint density at radius 2 is 1.12 bits per heavy atom. The summed E-state index contributed by atoms with van der Waals surface area (Å²) < 4.78 is 30.2. The third-order valence-corrected chi connectivity index (χ3v) is 12.3. The number of hydrogen-bond donors (Lipinski definition) is 2. The van der Waals surface area contributed by atoms with Gasteiger partial charge in [0.15, 0.2) is 0 Å². The van der Waals surface area contributed by atoms with Crippen LogP contribution in [0, 0.1) is 28.5 Å². The molecular formula is C49H49FN8O5S2. The SMILES string of the molecule is CC(C)(C)OC(=O)N[C@H]1CCc2c(-c3nnc(-c4ccc(F)c(C#N)c4)s3)cccc21.CC(C)Oc1ccc(-c2nnc(-c3cccc4c3CC[C@@H]4NC(=O)OC(C)(C)C)s2)cc1C#N. The van der Waals surface area contributed by atoms with Crippen LogP contribution in [0.5, 0.6) is 5.75 Å². The smallest absolute Gasteiger partial charge is 0.408 e. The van der Waals surface area contributed by atoms with Gasteiger partial charge < -0.3 is 24.8 Å². The molecule has 2 N–H and O–H groups in total. The molecular weight excluding hydrogens is 864 g/mol. The Balaban J connectivity index is 0.000000195. The Morgan fingerprint density at radius 3 is 1.57 bits per heavy atom. The summed E-state index contributed by atoms with van der Waals surface area (Å²) >= 11 is 2.87. The van der Waals surface area contributed by atoms with Crippen molar-refractivity contribution in [2.75, 3.05) is 0 Å². The lowest BCUT2D eigenvalue weighted by molar-refractivity contribution is 0.0492. The van der Waals surface area contributed by atoms with Crippen molar-refractivity contribution in [1.82, 2.24) is 31.0 Å². The fraction of sp³-hybridized carbons (Fsp3) is 0.347. The summed E-state index contributed by atoms with van der Waals surface area (Å²) in [5.41, 5.74) is 7.26. The number of amides is 2. The van der Waals surface area contributed by atoms with E-state index in [9.17, 15) is 19.2 Å². The average molecular weight is 913 g/mol. The van der Waals surface area contributed by atoms with Gasteiger partial charge in [-0.05, 0) is 140 Å². The number of nitriles is 2. The molecule has 4 aromatic carbocycles. The number of halogens is 1. The number of hydrogen-bond acceptors (Lipinski definition) is 13. The summed E-state index contributed by atoms with van der Waals surface area (Å²) in [6.45, 7) is 14.9. The van der Waals surface area contributed by atoms with E-state index >= 15 is 0 Å². The van der Waals surface area contributed by atoms with Crippen molar-refractivity contribution in [2.45, 2.75) is 110 Å². The fourth-order valence-corrected chi connectivity index (χ4v) is 9.44. The molecule has 0 fully saturated rings. The highest BCUT2D eigenvalue weighted by atomic mass is 32.1. The van der Waals surface area contributed by atoms with Crippen molar-refractivity contribution in [2.24, 2.45) is 0 Å². The molecule has 16 heteroatoms. The molecule has 0 radical (unpaired) electrons. The van der Waals surface area contributed by atoms with Crippen LogP contribution in [-0.4, -0.2) is 49.9 Å². The van der Waals surface area contributed by atoms with Crippen LogP contribution in [0.25, 0.3) is 42.3 Å². The van der Waals surface area contributed by atoms with E-state index in [4.69, 9.17) is 19.5 Å². The van der Waals surface area contributed by atoms with Crippen LogP contribution in [-0.2, 0) is 22.3 Å². The van der Waals surface area contributed by atoms with Crippen molar-refractivity contribution in [3.05, 3.63) is 112 Å². The molecule has 8 rings (SSSR count). The zero-order valence-corrected chi connectivity index (χ0v) is 39.0. The number of rotatable bonds is 8. The Labute approximate surface area is 385 Å². The van der Waals surface area contributed by atoms with Gasteiger partial charge in [0.1, 0.15) is 54.9 Å². The molecule has 0 aliphatic heterocycles. The molecule has 2 aliphatic rings. The second-order valence-corrected chi connectivity index (χ2v) is 19.8. The molecule has 65 heavy (non-hydrogen) atoms. The van der Waals surface area contributed by atoms with Gasteiger partial charge in [-0.2, -0.15) is 10.5 Å². The lowest BCUT2D eigenvalue weighted by Gasteiger charge is -2.22. The Kier molecular flexibility index (Phi) is 13.6. The molecule has 0 bridgehead atoms. The second-order valence-electron chi connectivity index (χ2n) is 17.8. The molecule has 0 spiro atoms. The minimum atomic E-state index is -0.555. The third-order valence-electron chi connectivity index (χ3n) is 10.3. The van der Waals surface area contributed by atoms with Gasteiger partial charge in [0.25, 0.3) is 0 Å². The largest absolute Gasteiger partial charge is 0.490 e. The van der Waals surface area contributed by atoms with Gasteiger partial charge in [0.05, 0.1) is 29.3 Å². The van der Waals surface area contributed by atoms with Crippen LogP contribution in [0.1, 0.15) is 114 Å². The van der Waals surface area contributed by atoms with Crippen molar-refractivity contribution in [3.8, 4) is 60.2 Å². The van der Waals surface area contributed by atoms with E-state index in [1.165, 1.54) is 40.4 Å². The normalized spacial score (nSPS) is 15.1. The summed E-state index contributed by atoms with van der Waals surface area (Å²) in [4.78, 5) is 24.5. The fourth-order valence-electron chi connectivity index (χ4n) is 7.66. The highest BCUT2D eigenvalue weighted by Gasteiger charge is 2.31. The minimum absolute atomic E-state index is 0.0140. The first kappa shape index (κ1) is 46.2. The van der Waals surface area contributed by atoms with E-state index in [2.05, 4.69) is 37.1 Å². The number of benzene rings is 4. The molecule has 2 aromatic heterocycles. The number of fused-ring (bicyclic) bond motifs is 2. The summed E-state index contributed by atoms with van der Waals surface area (Å²) in [6, 6.07) is 25.7. The van der Waals surface area contributed by atoms with E-state index in [1.54, 1.807) is 12.1 Å². The highest BCUT2D eigenvalue weighted by Crippen LogP contribution is 2.42. The first-order valence-corrected chi connectivity index (χ1v) is 22.8. The molecule has 2 amide bonds. The van der Waals surface area contributed by atoms with E-state index in [0.717, 1.165) is 74.1 Å². The summed E-state index contributed by atoms with van der Waals surface area (Å²) in [5.74, 6) is 0.00999. The van der Waals surface area contributed by atoms with Crippen LogP contribution in [0.2, 0.25) is 0 Å². The predicted molar refractivity (Wildman–Crippen MR) is 248 cm³/mol. The van der Waals surface area contributed by atoms with Crippen LogP contribution in [0.15, 0.2) is 72.8 Å². The van der Waals surface area contributed by atoms with Crippen LogP contribution in [0.3, 0.4) is 0 Å². The molecule has 0 saturated heterocycles. The maximum atomic E-state index is 13.6. The van der Waals surface area contributed by atoms with E-state index < -0.39 is 29.2 Å². The average Bonchev–Trinajstić information content (AvgIpc) is 4.08. The number of alkyl carbamates (subject to hydrolysis) is 2. The van der Waals surface area contributed by atoms with E-state index in [0.29, 0.717) is 21.9 Å². The van der Waals surface area contributed by atoms with Gasteiger partial charge in [-0.15, -0.1) is 20.4 Å². The molecule has 13 nitrogen and oxygen atoms in total. The van der Waals surface area contributed by atoms with Gasteiger partial charge in [-0.25, -0.2) is 14.0 Å². The molecule has 2 atom stereocenters. The molecule has 0 saturated carbocycles. The lowest BCUT2D eigenvalue weighted by Crippen LogP contribution is -2.34. The van der Waals surface area contributed by atoms with Crippen molar-refractivity contribution in [3.63, 3.8) is 0 Å². The third kappa shape index (κ3) is 11.1. The van der Waals surface area contributed by atoms with Gasteiger partial charge in [-0.1, -0.05) is 59.1 Å². The first-order valence-electron chi connectivity index (χ1n) is 21.2. The zero-order valence-electron chi connectivity index (χ0n) is 37.4. The topological polar surface area (TPSA) is 185 Å². The standard InChI is InChI=1S/C26H28N4O3S.C23H21FN4O2S/c1-15(2)32-22-12-9-16(13-17(22)14-27)23-29-30-24(34-23)20-8-6-7-19-18(20)10-11-21(19)28-25(31)33-26(3,4)5;1-23(2,3)30-22(29)26-19-10-8-15-16(19)5-4-6-17(15)21-28-27-20(31-21)13-7-9-18(24)14(11-13)12-25/h6-9,12-13,15,21H,10-11H2,1-5H3,(H,28,31);4-7,9,11,19H,8,10H2,1-3H3,(H,26,29)/t21-;19-/m00/s1. The number of nitrogens with one attached hydrogen (secondary N) is 2. The maximum Gasteiger partial charge on any atom is 0.408 e. The molecule has 6 aromatic rings. The van der Waals surface area contributed by atoms with Gasteiger partial charge in [0, 0.05) is 22.3 Å². The lowest BCUT2D eigenvalue weighted by atomic mass is 10.0. The Hall–Kier alpha value is -6.75. The van der Waals surface area contributed by atoms with Gasteiger partial charge in [-0.3, -0.25) is 0 Å². The molecule has 0 unspecified atom stereocenters. The van der Waals surface area contributed by atoms with Crippen LogP contribution >= 0.6 is 22.7 Å². The quantitative estimate of drug-likeness (QED) is 0.148. The maximum absolute atomic E-state index is 13.6. The summed E-state index contributed by atoms with van der Waals surface area (Å²) in [5, 5.41) is 44.9. The number of aromatic nitrogens is 4. The second kappa shape index (κ2) is 19.2. The zero-order chi connectivity index (χ0) is 46.6. The summed E-state index contributed by atoms with van der Waals surface area (Å²) in [7, 11) is 0. The van der Waals surface area contributed by atoms with E-state index in [1.807, 2.05) is 110 Å². The van der Waals surface area contributed by atoms with Crippen LogP contribution < -0.4 is 15.4 Å². The van der Waals surface area contributed by atoms with E-state index in [-0.39, 0.29) is 23.8 Å². The Bertz CT molecular complexity index is 2830. The number of carbonyl (C=O) groups excluding carboxylic acids is 2. The number of carbonyl (C=O) groups is 2. The van der Waals surface area contributed by atoms with Gasteiger partial charge in [0.2, 0.25) is 0 Å². The van der Waals surface area contributed by atoms with Gasteiger partial charge >= 0.3 is 12.2 Å². The van der Waals surface area contributed by atoms with Crippen molar-refractivity contribution >= 4 is 34.9 Å². The summed E-state index contributed by atoms with van der Waals surface area (Å²) in [6.07, 6.45) is 2.36. The Morgan fingerprint density at radius 1 is 0.677 bits per heavy atom. The first-order chi connectivity index (χ1) is 30.9. The van der Waals surface area contributed by atoms with Crippen molar-refractivity contribution < 1.29 is 28.2 Å². The minimum Gasteiger partial charge on any atom is -0.490 e.